The normalized spacial score (nSPS) is 24.9. The minimum Gasteiger partial charge on any atom is -0.394 e. The van der Waals surface area contributed by atoms with Gasteiger partial charge in [0.05, 0.1) is 32.0 Å². The largest absolute Gasteiger partial charge is 0.394 e. The van der Waals surface area contributed by atoms with Crippen molar-refractivity contribution in [2.45, 2.75) is 338 Å². The number of hydrogen-bond acceptors (Lipinski definition) is 13. The molecular formula is C63H117NO13. The number of allylic oxidation sites excluding steroid dienone is 5. The van der Waals surface area contributed by atoms with Gasteiger partial charge in [0, 0.05) is 6.42 Å². The number of unbranched alkanes of at least 4 members (excludes halogenated alkanes) is 34. The maximum absolute atomic E-state index is 13.3. The Kier molecular flexibility index (Phi) is 45.3. The summed E-state index contributed by atoms with van der Waals surface area (Å²) in [5, 5.41) is 87.2. The van der Waals surface area contributed by atoms with E-state index in [9.17, 15) is 45.6 Å². The molecule has 12 atom stereocenters. The molecule has 12 unspecified atom stereocenters. The molecule has 2 fully saturated rings. The lowest BCUT2D eigenvalue weighted by molar-refractivity contribution is -0.359. The van der Waals surface area contributed by atoms with E-state index in [2.05, 4.69) is 43.5 Å². The summed E-state index contributed by atoms with van der Waals surface area (Å²) >= 11 is 0. The summed E-state index contributed by atoms with van der Waals surface area (Å²) in [7, 11) is 0. The summed E-state index contributed by atoms with van der Waals surface area (Å²) in [5.41, 5.74) is 0. The van der Waals surface area contributed by atoms with E-state index in [-0.39, 0.29) is 18.9 Å². The molecule has 0 aromatic heterocycles. The number of carbonyl (C=O) groups is 1. The van der Waals surface area contributed by atoms with Crippen molar-refractivity contribution in [2.24, 2.45) is 0 Å². The van der Waals surface area contributed by atoms with Gasteiger partial charge in [-0.15, -0.1) is 0 Å². The number of ether oxygens (including phenoxy) is 4. The maximum Gasteiger partial charge on any atom is 0.220 e. The fourth-order valence-corrected chi connectivity index (χ4v) is 10.4. The molecule has 0 bridgehead atoms. The molecule has 14 heteroatoms. The third-order valence-corrected chi connectivity index (χ3v) is 15.6. The van der Waals surface area contributed by atoms with Gasteiger partial charge >= 0.3 is 0 Å². The summed E-state index contributed by atoms with van der Waals surface area (Å²) in [4.78, 5) is 13.3. The lowest BCUT2D eigenvalue weighted by Crippen LogP contribution is -2.65. The van der Waals surface area contributed by atoms with Crippen molar-refractivity contribution >= 4 is 5.91 Å². The van der Waals surface area contributed by atoms with Crippen LogP contribution in [0.5, 0.6) is 0 Å². The van der Waals surface area contributed by atoms with Crippen LogP contribution in [-0.2, 0) is 23.7 Å². The molecule has 0 aromatic carbocycles. The lowest BCUT2D eigenvalue weighted by atomic mass is 9.97. The Morgan fingerprint density at radius 3 is 1.27 bits per heavy atom. The second-order valence-electron chi connectivity index (χ2n) is 22.5. The highest BCUT2D eigenvalue weighted by atomic mass is 16.7. The van der Waals surface area contributed by atoms with Gasteiger partial charge in [-0.3, -0.25) is 4.79 Å². The fourth-order valence-electron chi connectivity index (χ4n) is 10.4. The summed E-state index contributed by atoms with van der Waals surface area (Å²) in [5.74, 6) is -0.249. The second kappa shape index (κ2) is 48.9. The van der Waals surface area contributed by atoms with Crippen LogP contribution in [0.1, 0.15) is 264 Å². The topological polar surface area (TPSA) is 228 Å². The third kappa shape index (κ3) is 34.3. The first-order valence-electron chi connectivity index (χ1n) is 31.7. The van der Waals surface area contributed by atoms with Crippen molar-refractivity contribution in [3.8, 4) is 0 Å². The maximum atomic E-state index is 13.3. The Balaban J connectivity index is 1.75. The van der Waals surface area contributed by atoms with Crippen LogP contribution in [0.2, 0.25) is 0 Å². The molecular weight excluding hydrogens is 979 g/mol. The van der Waals surface area contributed by atoms with E-state index in [0.29, 0.717) is 12.8 Å². The van der Waals surface area contributed by atoms with Crippen LogP contribution in [-0.4, -0.2) is 140 Å². The minimum absolute atomic E-state index is 0.249. The zero-order chi connectivity index (χ0) is 56.0. The first-order chi connectivity index (χ1) is 37.6. The summed E-state index contributed by atoms with van der Waals surface area (Å²) in [6.07, 6.45) is 43.3. The van der Waals surface area contributed by atoms with Crippen LogP contribution in [0.4, 0.5) is 0 Å². The number of rotatable bonds is 51. The number of aliphatic hydroxyl groups excluding tert-OH is 8. The summed E-state index contributed by atoms with van der Waals surface area (Å²) < 4.78 is 22.8. The second-order valence-corrected chi connectivity index (χ2v) is 22.5. The Bertz CT molecular complexity index is 1430. The number of aliphatic hydroxyl groups is 8. The van der Waals surface area contributed by atoms with Gasteiger partial charge < -0.3 is 65.1 Å². The highest BCUT2D eigenvalue weighted by Crippen LogP contribution is 2.30. The summed E-state index contributed by atoms with van der Waals surface area (Å²) in [6.45, 7) is 2.80. The van der Waals surface area contributed by atoms with Crippen molar-refractivity contribution in [2.75, 3.05) is 19.8 Å². The molecule has 452 valence electrons. The van der Waals surface area contributed by atoms with Gasteiger partial charge in [0.2, 0.25) is 5.91 Å². The van der Waals surface area contributed by atoms with Crippen molar-refractivity contribution in [1.29, 1.82) is 0 Å². The number of nitrogens with one attached hydrogen (secondary N) is 1. The van der Waals surface area contributed by atoms with Gasteiger partial charge in [-0.25, -0.2) is 0 Å². The number of amides is 1. The van der Waals surface area contributed by atoms with E-state index in [1.807, 2.05) is 6.08 Å². The van der Waals surface area contributed by atoms with Crippen LogP contribution in [0.3, 0.4) is 0 Å². The highest BCUT2D eigenvalue weighted by Gasteiger charge is 2.51. The molecule has 0 aliphatic carbocycles. The van der Waals surface area contributed by atoms with E-state index in [0.717, 1.165) is 44.9 Å². The van der Waals surface area contributed by atoms with Gasteiger partial charge in [-0.2, -0.15) is 0 Å². The van der Waals surface area contributed by atoms with Crippen molar-refractivity contribution in [1.82, 2.24) is 5.32 Å². The van der Waals surface area contributed by atoms with E-state index >= 15 is 0 Å². The molecule has 2 saturated heterocycles. The van der Waals surface area contributed by atoms with Crippen molar-refractivity contribution in [3.63, 3.8) is 0 Å². The van der Waals surface area contributed by atoms with Crippen LogP contribution < -0.4 is 5.32 Å². The standard InChI is InChI=1S/C63H117NO13/c1-3-5-7-9-11-13-15-17-19-21-23-24-25-26-27-29-31-33-35-37-39-41-43-45-47-55(68)64-51(52(67)46-44-42-40-38-36-34-32-30-28-22-20-18-16-14-12-10-8-6-4-2)50-74-62-60(73)58(71)61(54(49-66)76-62)77-63-59(72)57(70)56(69)53(48-65)75-63/h28,30,36,38,44,46,51-54,56-63,65-67,69-73H,3-27,29,31-35,37,39-43,45,47-50H2,1-2H3,(H,64,68)/b30-28+,38-36+,46-44+. The number of carbonyl (C=O) groups excluding carboxylic acids is 1. The first-order valence-corrected chi connectivity index (χ1v) is 31.7. The Hall–Kier alpha value is -1.79. The quantitative estimate of drug-likeness (QED) is 0.0204. The van der Waals surface area contributed by atoms with E-state index < -0.39 is 86.8 Å². The molecule has 2 aliphatic heterocycles. The predicted octanol–water partition coefficient (Wildman–Crippen LogP) is 11.4. The van der Waals surface area contributed by atoms with Gasteiger partial charge in [0.25, 0.3) is 0 Å². The average Bonchev–Trinajstić information content (AvgIpc) is 3.44. The molecule has 2 aliphatic rings. The van der Waals surface area contributed by atoms with Gasteiger partial charge in [-0.1, -0.05) is 249 Å². The van der Waals surface area contributed by atoms with Crippen LogP contribution in [0.15, 0.2) is 36.5 Å². The molecule has 77 heavy (non-hydrogen) atoms. The van der Waals surface area contributed by atoms with E-state index in [1.165, 1.54) is 186 Å². The fraction of sp³-hybridized carbons (Fsp3) is 0.889. The third-order valence-electron chi connectivity index (χ3n) is 15.6. The Morgan fingerprint density at radius 2 is 0.831 bits per heavy atom. The molecule has 2 rings (SSSR count). The number of hydrogen-bond donors (Lipinski definition) is 9. The molecule has 0 saturated carbocycles. The summed E-state index contributed by atoms with van der Waals surface area (Å²) in [6, 6.07) is -0.936. The lowest BCUT2D eigenvalue weighted by Gasteiger charge is -2.46. The SMILES string of the molecule is CCCCCCCCCCC/C=C/CC/C=C/CC/C=C/C(O)C(COC1OC(CO)C(OC2OC(CO)C(O)C(O)C2O)C(O)C1O)NC(=O)CCCCCCCCCCCCCCCCCCCCCCCCCC. The van der Waals surface area contributed by atoms with Gasteiger partial charge in [0.15, 0.2) is 12.6 Å². The zero-order valence-electron chi connectivity index (χ0n) is 48.7. The first kappa shape index (κ1) is 71.3. The molecule has 0 radical (unpaired) electrons. The molecule has 9 N–H and O–H groups in total. The molecule has 14 nitrogen and oxygen atoms in total. The molecule has 0 aromatic rings. The smallest absolute Gasteiger partial charge is 0.220 e. The van der Waals surface area contributed by atoms with Crippen LogP contribution in [0.25, 0.3) is 0 Å². The van der Waals surface area contributed by atoms with Gasteiger partial charge in [-0.05, 0) is 44.9 Å². The van der Waals surface area contributed by atoms with Crippen LogP contribution >= 0.6 is 0 Å². The monoisotopic (exact) mass is 1100 g/mol. The highest BCUT2D eigenvalue weighted by molar-refractivity contribution is 5.76. The molecule has 2 heterocycles. The van der Waals surface area contributed by atoms with Crippen molar-refractivity contribution < 1.29 is 64.6 Å². The van der Waals surface area contributed by atoms with E-state index in [1.54, 1.807) is 6.08 Å². The minimum atomic E-state index is -1.79. The Morgan fingerprint density at radius 1 is 0.455 bits per heavy atom. The Labute approximate surface area is 468 Å². The zero-order valence-corrected chi connectivity index (χ0v) is 48.7. The van der Waals surface area contributed by atoms with Gasteiger partial charge in [0.1, 0.15) is 48.8 Å². The molecule has 1 amide bonds. The molecule has 0 spiro atoms. The van der Waals surface area contributed by atoms with Crippen LogP contribution in [0, 0.1) is 0 Å². The average molecular weight is 1100 g/mol. The predicted molar refractivity (Wildman–Crippen MR) is 309 cm³/mol. The van der Waals surface area contributed by atoms with Crippen molar-refractivity contribution in [3.05, 3.63) is 36.5 Å². The van der Waals surface area contributed by atoms with E-state index in [4.69, 9.17) is 18.9 Å².